The van der Waals surface area contributed by atoms with Crippen LogP contribution in [-0.4, -0.2) is 29.7 Å². The Kier molecular flexibility index (Phi) is 6.22. The molecule has 0 aliphatic heterocycles. The number of para-hydroxylation sites is 1. The summed E-state index contributed by atoms with van der Waals surface area (Å²) in [7, 11) is 0. The van der Waals surface area contributed by atoms with Crippen LogP contribution in [0.1, 0.15) is 20.7 Å². The summed E-state index contributed by atoms with van der Waals surface area (Å²) in [5.41, 5.74) is -1.04. The number of benzene rings is 2. The van der Waals surface area contributed by atoms with Crippen molar-refractivity contribution >= 4 is 39.0 Å². The number of anilines is 1. The van der Waals surface area contributed by atoms with Crippen LogP contribution in [0.5, 0.6) is 11.5 Å². The Balaban J connectivity index is 2.07. The molecule has 0 saturated heterocycles. The average molecular weight is 493 g/mol. The van der Waals surface area contributed by atoms with Crippen LogP contribution in [0.2, 0.25) is 0 Å². The predicted octanol–water partition coefficient (Wildman–Crippen LogP) is 5.01. The number of carbonyl (C=O) groups excluding carboxylic acids is 1. The molecule has 0 bridgehead atoms. The van der Waals surface area contributed by atoms with Crippen LogP contribution in [0.15, 0.2) is 47.3 Å². The van der Waals surface area contributed by atoms with E-state index < -0.39 is 46.4 Å². The minimum Gasteiger partial charge on any atom is -0.478 e. The van der Waals surface area contributed by atoms with E-state index >= 15 is 0 Å². The lowest BCUT2D eigenvalue weighted by Crippen LogP contribution is -2.22. The van der Waals surface area contributed by atoms with E-state index in [1.54, 1.807) is 0 Å². The van der Waals surface area contributed by atoms with E-state index in [2.05, 4.69) is 14.8 Å². The van der Waals surface area contributed by atoms with Crippen LogP contribution in [0, 0.1) is 0 Å². The summed E-state index contributed by atoms with van der Waals surface area (Å²) in [4.78, 5) is 36.2. The number of carboxylic acid groups (broad SMARTS) is 1. The predicted molar refractivity (Wildman–Crippen MR) is 103 cm³/mol. The quantitative estimate of drug-likeness (QED) is 0.485. The number of fused-ring (bicyclic) bond motifs is 1. The fourth-order valence-corrected chi connectivity index (χ4v) is 3.53. The summed E-state index contributed by atoms with van der Waals surface area (Å²) >= 11 is 0.268. The van der Waals surface area contributed by atoms with Crippen molar-refractivity contribution in [3.8, 4) is 11.5 Å². The molecule has 0 spiro atoms. The number of amides is 1. The summed E-state index contributed by atoms with van der Waals surface area (Å²) < 4.78 is 81.7. The number of aromatic carboxylic acids is 1. The average Bonchev–Trinajstić information content (AvgIpc) is 2.66. The maximum Gasteiger partial charge on any atom is 0.573 e. The van der Waals surface area contributed by atoms with Crippen LogP contribution in [0.4, 0.5) is 32.0 Å². The molecule has 0 saturated carbocycles. The first-order valence-corrected chi connectivity index (χ1v) is 9.32. The number of carbonyl (C=O) groups is 2. The maximum absolute atomic E-state index is 12.7. The largest absolute Gasteiger partial charge is 0.573 e. The molecule has 1 amide bonds. The normalized spacial score (nSPS) is 11.8. The van der Waals surface area contributed by atoms with Gasteiger partial charge in [0.15, 0.2) is 11.5 Å². The number of hydrogen-bond acceptors (Lipinski definition) is 6. The molecule has 2 N–H and O–H groups in total. The van der Waals surface area contributed by atoms with Crippen molar-refractivity contribution in [2.45, 2.75) is 12.7 Å². The third-order valence-electron chi connectivity index (χ3n) is 3.90. The Morgan fingerprint density at radius 2 is 1.45 bits per heavy atom. The second kappa shape index (κ2) is 8.61. The summed E-state index contributed by atoms with van der Waals surface area (Å²) in [6, 6.07) is 7.12. The summed E-state index contributed by atoms with van der Waals surface area (Å²) in [6.45, 7) is 0. The molecule has 3 aromatic rings. The minimum absolute atomic E-state index is 0.158. The van der Waals surface area contributed by atoms with Gasteiger partial charge in [0.1, 0.15) is 0 Å². The van der Waals surface area contributed by atoms with Crippen molar-refractivity contribution in [1.29, 1.82) is 0 Å². The van der Waals surface area contributed by atoms with Crippen molar-refractivity contribution in [3.63, 3.8) is 0 Å². The van der Waals surface area contributed by atoms with Crippen molar-refractivity contribution in [3.05, 3.63) is 63.1 Å². The highest BCUT2D eigenvalue weighted by Gasteiger charge is 2.37. The summed E-state index contributed by atoms with van der Waals surface area (Å²) in [6.07, 6.45) is -10.7. The monoisotopic (exact) mass is 493 g/mol. The zero-order valence-electron chi connectivity index (χ0n) is 15.7. The molecule has 0 unspecified atom stereocenters. The van der Waals surface area contributed by atoms with Gasteiger partial charge in [0.25, 0.3) is 5.91 Å². The smallest absolute Gasteiger partial charge is 0.478 e. The van der Waals surface area contributed by atoms with Gasteiger partial charge in [0, 0.05) is 10.8 Å². The number of alkyl halides is 6. The number of rotatable bonds is 5. The topological polar surface area (TPSA) is 102 Å². The van der Waals surface area contributed by atoms with Crippen molar-refractivity contribution in [1.82, 2.24) is 0 Å². The highest BCUT2D eigenvalue weighted by atomic mass is 32.1. The van der Waals surface area contributed by atoms with Gasteiger partial charge in [-0.25, -0.2) is 4.79 Å². The van der Waals surface area contributed by atoms with Crippen molar-refractivity contribution in [2.24, 2.45) is 0 Å². The molecular weight excluding hydrogens is 484 g/mol. The van der Waals surface area contributed by atoms with Gasteiger partial charge in [-0.15, -0.1) is 26.3 Å². The lowest BCUT2D eigenvalue weighted by atomic mass is 10.1. The number of halogens is 6. The Morgan fingerprint density at radius 3 is 2.03 bits per heavy atom. The molecule has 0 aliphatic carbocycles. The van der Waals surface area contributed by atoms with E-state index in [1.807, 2.05) is 0 Å². The standard InChI is InChI=1S/C19H9F6NO6S/c20-18(21,22)31-12-6-8-5-10(15(27)26-11-4-2-1-3-9(11)16(28)29)17(30)33-14(8)7-13(12)32-19(23,24)25/h1-7H,(H,26,27)(H,28,29). The molecule has 1 heterocycles. The molecule has 14 heteroatoms. The SMILES string of the molecule is O=C(O)c1ccccc1NC(=O)c1cc2cc(OC(F)(F)F)c(OC(F)(F)F)cc2sc1=O. The second-order valence-corrected chi connectivity index (χ2v) is 7.20. The molecule has 0 fully saturated rings. The van der Waals surface area contributed by atoms with E-state index in [0.717, 1.165) is 6.07 Å². The van der Waals surface area contributed by atoms with E-state index in [9.17, 15) is 40.7 Å². The fourth-order valence-electron chi connectivity index (χ4n) is 2.66. The molecule has 0 radical (unpaired) electrons. The molecule has 2 aromatic carbocycles. The zero-order chi connectivity index (χ0) is 24.6. The lowest BCUT2D eigenvalue weighted by Gasteiger charge is -2.16. The number of nitrogens with one attached hydrogen (secondary N) is 1. The van der Waals surface area contributed by atoms with E-state index in [-0.39, 0.29) is 32.7 Å². The lowest BCUT2D eigenvalue weighted by molar-refractivity contribution is -0.287. The van der Waals surface area contributed by atoms with Crippen molar-refractivity contribution < 1.29 is 50.5 Å². The van der Waals surface area contributed by atoms with Crippen LogP contribution >= 0.6 is 11.3 Å². The first-order valence-electron chi connectivity index (χ1n) is 8.50. The van der Waals surface area contributed by atoms with E-state index in [1.165, 1.54) is 24.3 Å². The third kappa shape index (κ3) is 5.91. The highest BCUT2D eigenvalue weighted by molar-refractivity contribution is 7.16. The van der Waals surface area contributed by atoms with Gasteiger partial charge in [-0.1, -0.05) is 23.5 Å². The van der Waals surface area contributed by atoms with Gasteiger partial charge >= 0.3 is 18.7 Å². The molecule has 0 aliphatic rings. The van der Waals surface area contributed by atoms with E-state index in [0.29, 0.717) is 12.1 Å². The first-order chi connectivity index (χ1) is 15.2. The highest BCUT2D eigenvalue weighted by Crippen LogP contribution is 2.39. The van der Waals surface area contributed by atoms with Crippen molar-refractivity contribution in [2.75, 3.05) is 5.32 Å². The molecule has 0 atom stereocenters. The minimum atomic E-state index is -5.36. The molecular formula is C19H9F6NO6S. The van der Waals surface area contributed by atoms with Crippen LogP contribution in [0.25, 0.3) is 10.1 Å². The molecule has 33 heavy (non-hydrogen) atoms. The van der Waals surface area contributed by atoms with Gasteiger partial charge in [0.05, 0.1) is 16.8 Å². The van der Waals surface area contributed by atoms with Gasteiger partial charge < -0.3 is 19.9 Å². The number of hydrogen-bond donors (Lipinski definition) is 2. The zero-order valence-corrected chi connectivity index (χ0v) is 16.5. The second-order valence-electron chi connectivity index (χ2n) is 6.18. The van der Waals surface area contributed by atoms with Gasteiger partial charge in [0.2, 0.25) is 4.74 Å². The number of ether oxygens (including phenoxy) is 2. The Morgan fingerprint density at radius 1 is 0.879 bits per heavy atom. The van der Waals surface area contributed by atoms with Gasteiger partial charge in [-0.05, 0) is 29.7 Å². The van der Waals surface area contributed by atoms with E-state index in [4.69, 9.17) is 5.11 Å². The molecule has 7 nitrogen and oxygen atoms in total. The summed E-state index contributed by atoms with van der Waals surface area (Å²) in [5.74, 6) is -5.14. The maximum atomic E-state index is 12.7. The first kappa shape index (κ1) is 23.8. The van der Waals surface area contributed by atoms with Crippen LogP contribution < -0.4 is 19.5 Å². The van der Waals surface area contributed by atoms with Crippen LogP contribution in [-0.2, 0) is 0 Å². The summed E-state index contributed by atoms with van der Waals surface area (Å²) in [5, 5.41) is 11.1. The van der Waals surface area contributed by atoms with Crippen LogP contribution in [0.3, 0.4) is 0 Å². The molecule has 174 valence electrons. The number of carboxylic acids is 1. The third-order valence-corrected chi connectivity index (χ3v) is 4.88. The van der Waals surface area contributed by atoms with Gasteiger partial charge in [-0.3, -0.25) is 9.59 Å². The molecule has 1 aromatic heterocycles. The molecule has 3 rings (SSSR count). The van der Waals surface area contributed by atoms with Gasteiger partial charge in [-0.2, -0.15) is 0 Å². The fraction of sp³-hybridized carbons (Fsp3) is 0.105. The Bertz CT molecular complexity index is 1300. The Hall–Kier alpha value is -3.81. The Labute approximate surface area is 182 Å².